The van der Waals surface area contributed by atoms with Crippen LogP contribution in [0.1, 0.15) is 15.9 Å². The van der Waals surface area contributed by atoms with Gasteiger partial charge >= 0.3 is 5.97 Å². The van der Waals surface area contributed by atoms with Crippen LogP contribution in [0.5, 0.6) is 5.75 Å². The van der Waals surface area contributed by atoms with Gasteiger partial charge in [0.25, 0.3) is 5.91 Å². The molecule has 0 aromatic heterocycles. The first kappa shape index (κ1) is 13.7. The molecule has 0 spiro atoms. The van der Waals surface area contributed by atoms with E-state index in [0.717, 1.165) is 5.56 Å². The van der Waals surface area contributed by atoms with Crippen molar-refractivity contribution >= 4 is 23.6 Å². The third-order valence-corrected chi connectivity index (χ3v) is 4.08. The van der Waals surface area contributed by atoms with Gasteiger partial charge in [-0.1, -0.05) is 11.6 Å². The van der Waals surface area contributed by atoms with E-state index in [-0.39, 0.29) is 11.3 Å². The normalized spacial score (nSPS) is 19.2. The second-order valence-corrected chi connectivity index (χ2v) is 5.60. The number of nitrogens with zero attached hydrogens (tertiary/aromatic N) is 1. The van der Waals surface area contributed by atoms with Crippen LogP contribution in [-0.4, -0.2) is 51.1 Å². The smallest absolute Gasteiger partial charge is 0.327 e. The zero-order valence-corrected chi connectivity index (χ0v) is 11.3. The number of benzene rings is 1. The Balaban J connectivity index is 2.31. The predicted molar refractivity (Wildman–Crippen MR) is 72.6 cm³/mol. The number of carboxylic acid groups (broad SMARTS) is 1. The number of amides is 1. The molecular formula is C13H15NO4S. The van der Waals surface area contributed by atoms with Crippen LogP contribution in [0.15, 0.2) is 18.2 Å². The Bertz CT molecular complexity index is 517. The van der Waals surface area contributed by atoms with E-state index in [9.17, 15) is 14.7 Å². The van der Waals surface area contributed by atoms with Crippen molar-refractivity contribution in [3.05, 3.63) is 29.3 Å². The fourth-order valence-electron chi connectivity index (χ4n) is 2.03. The number of aromatic hydroxyl groups is 1. The zero-order chi connectivity index (χ0) is 14.0. The molecule has 5 nitrogen and oxygen atoms in total. The minimum Gasteiger partial charge on any atom is -0.507 e. The van der Waals surface area contributed by atoms with Crippen molar-refractivity contribution in [3.63, 3.8) is 0 Å². The van der Waals surface area contributed by atoms with E-state index in [1.165, 1.54) is 22.7 Å². The molecule has 1 aromatic rings. The highest BCUT2D eigenvalue weighted by atomic mass is 32.2. The molecular weight excluding hydrogens is 266 g/mol. The highest BCUT2D eigenvalue weighted by molar-refractivity contribution is 7.99. The fraction of sp³-hybridized carbons (Fsp3) is 0.385. The van der Waals surface area contributed by atoms with E-state index in [0.29, 0.717) is 18.1 Å². The molecule has 1 aromatic carbocycles. The van der Waals surface area contributed by atoms with Gasteiger partial charge in [0, 0.05) is 18.1 Å². The number of aryl methyl sites for hydroxylation is 1. The zero-order valence-electron chi connectivity index (χ0n) is 10.5. The van der Waals surface area contributed by atoms with Gasteiger partial charge in [-0.25, -0.2) is 4.79 Å². The van der Waals surface area contributed by atoms with Crippen LogP contribution in [0.3, 0.4) is 0 Å². The topological polar surface area (TPSA) is 77.8 Å². The van der Waals surface area contributed by atoms with Gasteiger partial charge in [-0.05, 0) is 19.1 Å². The molecule has 1 aliphatic rings. The average Bonchev–Trinajstić information content (AvgIpc) is 2.40. The second-order valence-electron chi connectivity index (χ2n) is 4.45. The number of hydrogen-bond donors (Lipinski definition) is 2. The summed E-state index contributed by atoms with van der Waals surface area (Å²) in [6.45, 7) is 2.20. The monoisotopic (exact) mass is 281 g/mol. The molecule has 1 unspecified atom stereocenters. The van der Waals surface area contributed by atoms with Crippen LogP contribution in [-0.2, 0) is 4.79 Å². The number of rotatable bonds is 2. The molecule has 1 aliphatic heterocycles. The summed E-state index contributed by atoms with van der Waals surface area (Å²) < 4.78 is 0. The van der Waals surface area contributed by atoms with Gasteiger partial charge in [0.2, 0.25) is 0 Å². The van der Waals surface area contributed by atoms with Crippen LogP contribution in [0.4, 0.5) is 0 Å². The lowest BCUT2D eigenvalue weighted by Gasteiger charge is -2.32. The molecule has 1 fully saturated rings. The first-order chi connectivity index (χ1) is 9.00. The number of hydrogen-bond acceptors (Lipinski definition) is 4. The lowest BCUT2D eigenvalue weighted by atomic mass is 10.1. The minimum atomic E-state index is -1.01. The third-order valence-electron chi connectivity index (χ3n) is 3.06. The number of carboxylic acids is 1. The summed E-state index contributed by atoms with van der Waals surface area (Å²) in [6, 6.07) is 3.91. The maximum atomic E-state index is 12.4. The molecule has 0 saturated carbocycles. The lowest BCUT2D eigenvalue weighted by Crippen LogP contribution is -2.50. The van der Waals surface area contributed by atoms with Crippen LogP contribution >= 0.6 is 11.8 Å². The number of thioether (sulfide) groups is 1. The van der Waals surface area contributed by atoms with Crippen molar-refractivity contribution in [2.75, 3.05) is 18.1 Å². The standard InChI is InChI=1S/C13H15NO4S/c1-8-2-3-11(15)9(6-8)12(16)14-4-5-19-7-10(14)13(17)18/h2-3,6,10,15H,4-5,7H2,1H3,(H,17,18). The van der Waals surface area contributed by atoms with Crippen molar-refractivity contribution in [2.24, 2.45) is 0 Å². The van der Waals surface area contributed by atoms with E-state index >= 15 is 0 Å². The van der Waals surface area contributed by atoms with Crippen molar-refractivity contribution in [3.8, 4) is 5.75 Å². The van der Waals surface area contributed by atoms with Gasteiger partial charge < -0.3 is 15.1 Å². The summed E-state index contributed by atoms with van der Waals surface area (Å²) in [5.74, 6) is -0.449. The van der Waals surface area contributed by atoms with E-state index < -0.39 is 17.9 Å². The van der Waals surface area contributed by atoms with Crippen molar-refractivity contribution in [2.45, 2.75) is 13.0 Å². The van der Waals surface area contributed by atoms with Gasteiger partial charge in [0.15, 0.2) is 0 Å². The summed E-state index contributed by atoms with van der Waals surface area (Å²) in [4.78, 5) is 24.9. The summed E-state index contributed by atoms with van der Waals surface area (Å²) in [5.41, 5.74) is 1.01. The first-order valence-electron chi connectivity index (χ1n) is 5.92. The van der Waals surface area contributed by atoms with Crippen molar-refractivity contribution in [1.82, 2.24) is 4.90 Å². The molecule has 0 aliphatic carbocycles. The van der Waals surface area contributed by atoms with Gasteiger partial charge in [-0.2, -0.15) is 11.8 Å². The molecule has 1 atom stereocenters. The van der Waals surface area contributed by atoms with Crippen LogP contribution in [0.2, 0.25) is 0 Å². The highest BCUT2D eigenvalue weighted by Gasteiger charge is 2.33. The summed E-state index contributed by atoms with van der Waals surface area (Å²) in [6.07, 6.45) is 0. The number of carbonyl (C=O) groups excluding carboxylic acids is 1. The third kappa shape index (κ3) is 2.84. The molecule has 1 saturated heterocycles. The molecule has 2 N–H and O–H groups in total. The molecule has 1 heterocycles. The van der Waals surface area contributed by atoms with Crippen LogP contribution in [0.25, 0.3) is 0 Å². The van der Waals surface area contributed by atoms with E-state index in [4.69, 9.17) is 5.11 Å². The van der Waals surface area contributed by atoms with Gasteiger partial charge in [-0.3, -0.25) is 4.79 Å². The van der Waals surface area contributed by atoms with E-state index in [1.54, 1.807) is 12.1 Å². The Kier molecular flexibility index (Phi) is 3.99. The molecule has 2 rings (SSSR count). The number of phenols is 1. The molecule has 1 amide bonds. The SMILES string of the molecule is Cc1ccc(O)c(C(=O)N2CCSCC2C(=O)O)c1. The number of carbonyl (C=O) groups is 2. The van der Waals surface area contributed by atoms with E-state index in [1.807, 2.05) is 6.92 Å². The molecule has 19 heavy (non-hydrogen) atoms. The highest BCUT2D eigenvalue weighted by Crippen LogP contribution is 2.24. The lowest BCUT2D eigenvalue weighted by molar-refractivity contribution is -0.141. The molecule has 6 heteroatoms. The first-order valence-corrected chi connectivity index (χ1v) is 7.07. The van der Waals surface area contributed by atoms with Crippen LogP contribution in [0, 0.1) is 6.92 Å². The molecule has 102 valence electrons. The number of phenolic OH excluding ortho intramolecular Hbond substituents is 1. The average molecular weight is 281 g/mol. The quantitative estimate of drug-likeness (QED) is 0.855. The van der Waals surface area contributed by atoms with E-state index in [2.05, 4.69) is 0 Å². The Morgan fingerprint density at radius 2 is 2.16 bits per heavy atom. The predicted octanol–water partition coefficient (Wildman–Crippen LogP) is 1.34. The van der Waals surface area contributed by atoms with Gasteiger partial charge in [-0.15, -0.1) is 0 Å². The van der Waals surface area contributed by atoms with Gasteiger partial charge in [0.1, 0.15) is 11.8 Å². The Morgan fingerprint density at radius 3 is 2.84 bits per heavy atom. The van der Waals surface area contributed by atoms with Crippen molar-refractivity contribution in [1.29, 1.82) is 0 Å². The Labute approximate surface area is 115 Å². The number of aliphatic carboxylic acids is 1. The van der Waals surface area contributed by atoms with Crippen LogP contribution < -0.4 is 0 Å². The molecule has 0 radical (unpaired) electrons. The Morgan fingerprint density at radius 1 is 1.42 bits per heavy atom. The summed E-state index contributed by atoms with van der Waals surface area (Å²) in [7, 11) is 0. The van der Waals surface area contributed by atoms with Crippen molar-refractivity contribution < 1.29 is 19.8 Å². The summed E-state index contributed by atoms with van der Waals surface area (Å²) in [5, 5.41) is 18.9. The minimum absolute atomic E-state index is 0.113. The maximum Gasteiger partial charge on any atom is 0.327 e. The second kappa shape index (κ2) is 5.52. The Hall–Kier alpha value is -1.69. The maximum absolute atomic E-state index is 12.4. The molecule has 0 bridgehead atoms. The van der Waals surface area contributed by atoms with Gasteiger partial charge in [0.05, 0.1) is 5.56 Å². The fourth-order valence-corrected chi connectivity index (χ4v) is 3.07. The summed E-state index contributed by atoms with van der Waals surface area (Å²) >= 11 is 1.52. The largest absolute Gasteiger partial charge is 0.507 e.